The summed E-state index contributed by atoms with van der Waals surface area (Å²) in [5.74, 6) is -0.00261. The quantitative estimate of drug-likeness (QED) is 0.270. The van der Waals surface area contributed by atoms with Crippen molar-refractivity contribution in [1.29, 1.82) is 0 Å². The molecule has 1 aromatic heterocycles. The molecule has 53 heavy (non-hydrogen) atoms. The number of esters is 1. The van der Waals surface area contributed by atoms with Gasteiger partial charge in [0, 0.05) is 29.8 Å². The van der Waals surface area contributed by atoms with E-state index < -0.39 is 22.8 Å². The van der Waals surface area contributed by atoms with E-state index >= 15 is 0 Å². The number of hydrogen-bond donors (Lipinski definition) is 1. The van der Waals surface area contributed by atoms with Gasteiger partial charge in [-0.1, -0.05) is 66.7 Å². The second kappa shape index (κ2) is 12.6. The molecule has 4 saturated carbocycles. The number of carbonyl (C=O) groups excluding carboxylic acids is 3. The maximum absolute atomic E-state index is 14.8. The maximum Gasteiger partial charge on any atom is 0.309 e. The van der Waals surface area contributed by atoms with Crippen molar-refractivity contribution in [3.8, 4) is 0 Å². The fourth-order valence-corrected chi connectivity index (χ4v) is 13.4. The number of allylic oxidation sites excluding steroid dienone is 2. The number of benzene rings is 1. The predicted octanol–water partition coefficient (Wildman–Crippen LogP) is 9.74. The van der Waals surface area contributed by atoms with Crippen molar-refractivity contribution < 1.29 is 29.0 Å². The number of aliphatic carboxylic acids is 1. The summed E-state index contributed by atoms with van der Waals surface area (Å²) in [4.78, 5) is 58.4. The largest absolute Gasteiger partial charge is 0.481 e. The van der Waals surface area contributed by atoms with Crippen LogP contribution >= 0.6 is 0 Å². The second-order valence-corrected chi connectivity index (χ2v) is 20.1. The zero-order chi connectivity index (χ0) is 38.5. The van der Waals surface area contributed by atoms with E-state index in [0.717, 1.165) is 73.4 Å². The second-order valence-electron chi connectivity index (χ2n) is 20.1. The molecule has 0 aliphatic heterocycles. The van der Waals surface area contributed by atoms with Crippen molar-refractivity contribution in [2.75, 3.05) is 0 Å². The first-order valence-corrected chi connectivity index (χ1v) is 20.3. The lowest BCUT2D eigenvalue weighted by Gasteiger charge is -2.72. The number of para-hydroxylation sites is 1. The van der Waals surface area contributed by atoms with Crippen molar-refractivity contribution in [1.82, 2.24) is 4.98 Å². The van der Waals surface area contributed by atoms with E-state index in [1.54, 1.807) is 13.8 Å². The number of ether oxygens (including phenoxy) is 1. The average molecular weight is 724 g/mol. The number of aromatic nitrogens is 1. The van der Waals surface area contributed by atoms with E-state index in [1.807, 2.05) is 30.5 Å². The number of rotatable bonds is 8. The summed E-state index contributed by atoms with van der Waals surface area (Å²) in [7, 11) is 0. The lowest BCUT2D eigenvalue weighted by molar-refractivity contribution is -0.233. The Labute approximate surface area is 316 Å². The van der Waals surface area contributed by atoms with Crippen LogP contribution in [0, 0.1) is 56.2 Å². The highest BCUT2D eigenvalue weighted by atomic mass is 16.5. The van der Waals surface area contributed by atoms with Crippen LogP contribution in [0.2, 0.25) is 0 Å². The molecule has 7 rings (SSSR count). The molecule has 0 amide bonds. The number of carbonyl (C=O) groups is 4. The molecule has 4 fully saturated rings. The van der Waals surface area contributed by atoms with E-state index in [2.05, 4.69) is 59.5 Å². The van der Waals surface area contributed by atoms with Gasteiger partial charge in [-0.05, 0) is 134 Å². The molecule has 0 spiro atoms. The van der Waals surface area contributed by atoms with E-state index in [1.165, 1.54) is 5.57 Å². The number of ketones is 2. The summed E-state index contributed by atoms with van der Waals surface area (Å²) in [6.07, 6.45) is 9.54. The molecule has 1 aromatic carbocycles. The lowest BCUT2D eigenvalue weighted by Crippen LogP contribution is -2.66. The Hall–Kier alpha value is -3.35. The summed E-state index contributed by atoms with van der Waals surface area (Å²) in [5.41, 5.74) is 1.79. The third kappa shape index (κ3) is 5.59. The minimum atomic E-state index is -1.17. The molecule has 1 N–H and O–H groups in total. The number of carboxylic acids is 1. The van der Waals surface area contributed by atoms with Crippen LogP contribution in [-0.4, -0.2) is 39.7 Å². The van der Waals surface area contributed by atoms with Gasteiger partial charge in [-0.15, -0.1) is 0 Å². The summed E-state index contributed by atoms with van der Waals surface area (Å²) in [6, 6.07) is 10.1. The zero-order valence-corrected chi connectivity index (χ0v) is 33.6. The van der Waals surface area contributed by atoms with Crippen LogP contribution in [0.15, 0.2) is 47.7 Å². The van der Waals surface area contributed by atoms with Gasteiger partial charge in [0.05, 0.1) is 22.8 Å². The highest BCUT2D eigenvalue weighted by molar-refractivity contribution is 6.07. The SMILES string of the molecule is CC(C)C1=C2[C@H]3CC[C@@H]4[C@@]5(C)CC[C@H](OC(=O)CC(C)(C)C(=O)O)C(C)(C)[C@@H]5CC[C@@]4(C)[C@]3(C)CC[C@@]2(C(=O)Cc2cnc3ccccc3c2)CC1=O. The molecule has 286 valence electrons. The third-order valence-electron chi connectivity index (χ3n) is 16.4. The minimum absolute atomic E-state index is 0.0183. The van der Waals surface area contributed by atoms with Gasteiger partial charge in [0.25, 0.3) is 0 Å². The van der Waals surface area contributed by atoms with Gasteiger partial charge in [-0.3, -0.25) is 24.2 Å². The number of hydrogen-bond acceptors (Lipinski definition) is 6. The van der Waals surface area contributed by atoms with E-state index in [0.29, 0.717) is 18.3 Å². The highest BCUT2D eigenvalue weighted by Gasteiger charge is 2.71. The Morgan fingerprint density at radius 2 is 1.64 bits per heavy atom. The topological polar surface area (TPSA) is 111 Å². The Kier molecular flexibility index (Phi) is 9.02. The van der Waals surface area contributed by atoms with Crippen LogP contribution in [0.3, 0.4) is 0 Å². The highest BCUT2D eigenvalue weighted by Crippen LogP contribution is 2.77. The van der Waals surface area contributed by atoms with Crippen molar-refractivity contribution >= 4 is 34.4 Å². The fourth-order valence-electron chi connectivity index (χ4n) is 13.4. The van der Waals surface area contributed by atoms with Gasteiger partial charge in [0.15, 0.2) is 5.78 Å². The number of carboxylic acid groups (broad SMARTS) is 1. The van der Waals surface area contributed by atoms with Crippen molar-refractivity contribution in [2.45, 2.75) is 139 Å². The molecular weight excluding hydrogens is 663 g/mol. The molecule has 0 radical (unpaired) electrons. The summed E-state index contributed by atoms with van der Waals surface area (Å²) in [5, 5.41) is 10.6. The summed E-state index contributed by atoms with van der Waals surface area (Å²) in [6.45, 7) is 19.5. The summed E-state index contributed by atoms with van der Waals surface area (Å²) < 4.78 is 6.17. The molecule has 7 heteroatoms. The monoisotopic (exact) mass is 723 g/mol. The number of fused-ring (bicyclic) bond motifs is 8. The first-order valence-electron chi connectivity index (χ1n) is 20.3. The molecule has 2 aromatic rings. The van der Waals surface area contributed by atoms with Crippen molar-refractivity contribution in [3.05, 3.63) is 53.2 Å². The molecule has 0 unspecified atom stereocenters. The molecule has 5 aliphatic rings. The number of pyridine rings is 1. The standard InChI is InChI=1S/C46H61NO6/c1-27(2)38-32(48)24-46(35(49)23-28-22-29-12-10-11-13-31(29)47-26-28)21-20-44(8)30(39(38)46)14-15-34-43(7)18-17-36(53-37(50)25-41(3,4)40(51)52)42(5,6)33(43)16-19-45(34,44)9/h10-13,22,26-27,30,33-34,36H,14-21,23-25H2,1-9H3,(H,51,52)/t30-,33+,34-,36+,43+,44-,45-,46+/m1/s1. The van der Waals surface area contributed by atoms with Crippen LogP contribution in [0.4, 0.5) is 0 Å². The first kappa shape index (κ1) is 37.9. The van der Waals surface area contributed by atoms with E-state index in [4.69, 9.17) is 4.74 Å². The molecule has 0 bridgehead atoms. The molecule has 0 saturated heterocycles. The van der Waals surface area contributed by atoms with Crippen LogP contribution in [0.5, 0.6) is 0 Å². The van der Waals surface area contributed by atoms with Crippen LogP contribution in [-0.2, 0) is 30.3 Å². The zero-order valence-electron chi connectivity index (χ0n) is 33.6. The predicted molar refractivity (Wildman–Crippen MR) is 206 cm³/mol. The van der Waals surface area contributed by atoms with Gasteiger partial charge in [-0.25, -0.2) is 0 Å². The fraction of sp³-hybridized carbons (Fsp3) is 0.674. The van der Waals surface area contributed by atoms with Gasteiger partial charge in [-0.2, -0.15) is 0 Å². The van der Waals surface area contributed by atoms with E-state index in [-0.39, 0.29) is 64.0 Å². The van der Waals surface area contributed by atoms with Gasteiger partial charge >= 0.3 is 11.9 Å². The molecular formula is C46H61NO6. The minimum Gasteiger partial charge on any atom is -0.481 e. The Bertz CT molecular complexity index is 1910. The maximum atomic E-state index is 14.8. The normalized spacial score (nSPS) is 36.4. The van der Waals surface area contributed by atoms with Gasteiger partial charge in [0.1, 0.15) is 11.9 Å². The van der Waals surface area contributed by atoms with Crippen LogP contribution < -0.4 is 0 Å². The van der Waals surface area contributed by atoms with Crippen molar-refractivity contribution in [2.24, 2.45) is 56.2 Å². The number of Topliss-reactive ketones (excluding diaryl/α,β-unsaturated/α-hetero) is 2. The third-order valence-corrected chi connectivity index (χ3v) is 16.4. The first-order chi connectivity index (χ1) is 24.7. The van der Waals surface area contributed by atoms with E-state index in [9.17, 15) is 24.3 Å². The number of nitrogens with zero attached hydrogens (tertiary/aromatic N) is 1. The van der Waals surface area contributed by atoms with Gasteiger partial charge in [0.2, 0.25) is 0 Å². The lowest BCUT2D eigenvalue weighted by atomic mass is 9.33. The molecule has 1 heterocycles. The van der Waals surface area contributed by atoms with Crippen LogP contribution in [0.1, 0.15) is 132 Å². The van der Waals surface area contributed by atoms with Gasteiger partial charge < -0.3 is 9.84 Å². The summed E-state index contributed by atoms with van der Waals surface area (Å²) >= 11 is 0. The Morgan fingerprint density at radius 3 is 2.34 bits per heavy atom. The Balaban J connectivity index is 1.18. The smallest absolute Gasteiger partial charge is 0.309 e. The molecule has 5 aliphatic carbocycles. The Morgan fingerprint density at radius 1 is 0.925 bits per heavy atom. The van der Waals surface area contributed by atoms with Crippen LogP contribution in [0.25, 0.3) is 10.9 Å². The molecule has 8 atom stereocenters. The average Bonchev–Trinajstić information content (AvgIpc) is 3.39. The molecule has 7 nitrogen and oxygen atoms in total. The van der Waals surface area contributed by atoms with Crippen molar-refractivity contribution in [3.63, 3.8) is 0 Å².